The second-order valence-electron chi connectivity index (χ2n) is 5.07. The maximum Gasteiger partial charge on any atom is 0.242 e. The number of amides is 1. The van der Waals surface area contributed by atoms with Gasteiger partial charge in [0.15, 0.2) is 0 Å². The van der Waals surface area contributed by atoms with E-state index in [-0.39, 0.29) is 18.1 Å². The molecule has 2 N–H and O–H groups in total. The van der Waals surface area contributed by atoms with E-state index in [2.05, 4.69) is 15.2 Å². The van der Waals surface area contributed by atoms with Gasteiger partial charge in [0.1, 0.15) is 6.04 Å². The first kappa shape index (κ1) is 14.0. The largest absolute Gasteiger partial charge is 0.392 e. The highest BCUT2D eigenvalue weighted by atomic mass is 16.3. The van der Waals surface area contributed by atoms with Crippen LogP contribution in [0, 0.1) is 0 Å². The number of imidazole rings is 1. The zero-order valence-electron chi connectivity index (χ0n) is 11.3. The monoisotopic (exact) mass is 266 g/mol. The number of likely N-dealkylation sites (tertiary alicyclic amines) is 1. The van der Waals surface area contributed by atoms with Gasteiger partial charge in [-0.2, -0.15) is 0 Å². The van der Waals surface area contributed by atoms with Crippen molar-refractivity contribution < 1.29 is 9.90 Å². The number of hydrogen-bond acceptors (Lipinski definition) is 4. The van der Waals surface area contributed by atoms with Crippen molar-refractivity contribution in [1.82, 2.24) is 19.8 Å². The minimum atomic E-state index is -0.241. The molecule has 2 heterocycles. The molecule has 0 spiro atoms. The molecular weight excluding hydrogens is 244 g/mol. The maximum absolute atomic E-state index is 11.9. The Morgan fingerprint density at radius 2 is 2.47 bits per heavy atom. The third-order valence-corrected chi connectivity index (χ3v) is 3.56. The lowest BCUT2D eigenvalue weighted by Gasteiger charge is -2.30. The highest BCUT2D eigenvalue weighted by molar-refractivity contribution is 5.79. The quantitative estimate of drug-likeness (QED) is 0.788. The van der Waals surface area contributed by atoms with Crippen LogP contribution in [-0.4, -0.2) is 57.7 Å². The fourth-order valence-electron chi connectivity index (χ4n) is 2.35. The van der Waals surface area contributed by atoms with Gasteiger partial charge in [0.05, 0.1) is 12.4 Å². The van der Waals surface area contributed by atoms with Gasteiger partial charge in [-0.3, -0.25) is 9.69 Å². The molecular formula is C13H22N4O2. The van der Waals surface area contributed by atoms with Gasteiger partial charge >= 0.3 is 0 Å². The zero-order valence-corrected chi connectivity index (χ0v) is 11.3. The van der Waals surface area contributed by atoms with Gasteiger partial charge in [0.2, 0.25) is 5.91 Å². The fourth-order valence-corrected chi connectivity index (χ4v) is 2.35. The Labute approximate surface area is 113 Å². The number of aliphatic hydroxyl groups excluding tert-OH is 1. The van der Waals surface area contributed by atoms with E-state index in [0.29, 0.717) is 13.1 Å². The second kappa shape index (κ2) is 6.68. The minimum absolute atomic E-state index is 0.00411. The van der Waals surface area contributed by atoms with Crippen molar-refractivity contribution in [2.45, 2.75) is 31.9 Å². The van der Waals surface area contributed by atoms with Crippen molar-refractivity contribution in [2.24, 2.45) is 0 Å². The molecule has 106 valence electrons. The van der Waals surface area contributed by atoms with E-state index < -0.39 is 0 Å². The standard InChI is InChI=1S/C13H22N4O2/c1-11(17-8-4-14-10-17)13(19)15-5-7-16-6-2-3-12(18)9-16/h4,8,10-12,18H,2-3,5-7,9H2,1H3,(H,15,19)/t11-,12-/m0/s1. The normalized spacial score (nSPS) is 22.1. The van der Waals surface area contributed by atoms with Crippen LogP contribution in [-0.2, 0) is 4.79 Å². The Hall–Kier alpha value is -1.40. The number of β-amino-alcohol motifs (C(OH)–C–C–N with tert-alkyl or cyclic N) is 1. The Bertz CT molecular complexity index is 393. The van der Waals surface area contributed by atoms with E-state index in [1.165, 1.54) is 0 Å². The summed E-state index contributed by atoms with van der Waals surface area (Å²) in [6, 6.07) is -0.241. The molecule has 1 aromatic heterocycles. The molecule has 6 nitrogen and oxygen atoms in total. The summed E-state index contributed by atoms with van der Waals surface area (Å²) in [5, 5.41) is 12.5. The Morgan fingerprint density at radius 1 is 1.63 bits per heavy atom. The van der Waals surface area contributed by atoms with Crippen molar-refractivity contribution in [1.29, 1.82) is 0 Å². The van der Waals surface area contributed by atoms with Crippen LogP contribution < -0.4 is 5.32 Å². The first-order valence-corrected chi connectivity index (χ1v) is 6.82. The Balaban J connectivity index is 1.69. The number of nitrogens with one attached hydrogen (secondary N) is 1. The first-order chi connectivity index (χ1) is 9.16. The van der Waals surface area contributed by atoms with Crippen LogP contribution in [0.15, 0.2) is 18.7 Å². The zero-order chi connectivity index (χ0) is 13.7. The highest BCUT2D eigenvalue weighted by Gasteiger charge is 2.18. The number of piperidine rings is 1. The summed E-state index contributed by atoms with van der Waals surface area (Å²) in [6.07, 6.45) is 6.80. The van der Waals surface area contributed by atoms with Crippen LogP contribution in [0.2, 0.25) is 0 Å². The molecule has 1 fully saturated rings. The van der Waals surface area contributed by atoms with Crippen LogP contribution in [0.25, 0.3) is 0 Å². The Kier molecular flexibility index (Phi) is 4.93. The molecule has 1 saturated heterocycles. The van der Waals surface area contributed by atoms with Crippen LogP contribution in [0.4, 0.5) is 0 Å². The van der Waals surface area contributed by atoms with E-state index in [0.717, 1.165) is 25.9 Å². The van der Waals surface area contributed by atoms with Gasteiger partial charge in [-0.1, -0.05) is 0 Å². The molecule has 19 heavy (non-hydrogen) atoms. The molecule has 1 aliphatic rings. The van der Waals surface area contributed by atoms with E-state index in [4.69, 9.17) is 0 Å². The minimum Gasteiger partial charge on any atom is -0.392 e. The summed E-state index contributed by atoms with van der Waals surface area (Å²) in [5.74, 6) is -0.00411. The van der Waals surface area contributed by atoms with Gasteiger partial charge in [-0.25, -0.2) is 4.98 Å². The van der Waals surface area contributed by atoms with Gasteiger partial charge in [0.25, 0.3) is 0 Å². The lowest BCUT2D eigenvalue weighted by Crippen LogP contribution is -2.43. The number of hydrogen-bond donors (Lipinski definition) is 2. The van der Waals surface area contributed by atoms with Crippen molar-refractivity contribution in [3.8, 4) is 0 Å². The molecule has 1 amide bonds. The average Bonchev–Trinajstić information content (AvgIpc) is 2.91. The van der Waals surface area contributed by atoms with Crippen molar-refractivity contribution >= 4 is 5.91 Å². The Morgan fingerprint density at radius 3 is 3.16 bits per heavy atom. The van der Waals surface area contributed by atoms with Crippen LogP contribution in [0.5, 0.6) is 0 Å². The molecule has 0 aliphatic carbocycles. The van der Waals surface area contributed by atoms with E-state index in [1.54, 1.807) is 23.3 Å². The van der Waals surface area contributed by atoms with Gasteiger partial charge in [-0.15, -0.1) is 0 Å². The van der Waals surface area contributed by atoms with Gasteiger partial charge in [0, 0.05) is 32.0 Å². The van der Waals surface area contributed by atoms with E-state index in [1.807, 2.05) is 6.92 Å². The summed E-state index contributed by atoms with van der Waals surface area (Å²) in [6.45, 7) is 4.97. The number of carbonyl (C=O) groups excluding carboxylic acids is 1. The third kappa shape index (κ3) is 4.04. The lowest BCUT2D eigenvalue weighted by molar-refractivity contribution is -0.123. The van der Waals surface area contributed by atoms with Crippen LogP contribution in [0.3, 0.4) is 0 Å². The number of aliphatic hydroxyl groups is 1. The SMILES string of the molecule is C[C@@H](C(=O)NCCN1CCC[C@H](O)C1)n1ccnc1. The lowest BCUT2D eigenvalue weighted by atomic mass is 10.1. The van der Waals surface area contributed by atoms with Gasteiger partial charge in [-0.05, 0) is 26.3 Å². The second-order valence-corrected chi connectivity index (χ2v) is 5.07. The molecule has 0 aromatic carbocycles. The van der Waals surface area contributed by atoms with Gasteiger partial charge < -0.3 is 15.0 Å². The molecule has 2 atom stereocenters. The van der Waals surface area contributed by atoms with E-state index >= 15 is 0 Å². The number of carbonyl (C=O) groups is 1. The summed E-state index contributed by atoms with van der Waals surface area (Å²) < 4.78 is 1.78. The van der Waals surface area contributed by atoms with Crippen molar-refractivity contribution in [3.05, 3.63) is 18.7 Å². The molecule has 6 heteroatoms. The number of rotatable bonds is 5. The fraction of sp³-hybridized carbons (Fsp3) is 0.692. The molecule has 0 bridgehead atoms. The summed E-state index contributed by atoms with van der Waals surface area (Å²) >= 11 is 0. The molecule has 1 aromatic rings. The van der Waals surface area contributed by atoms with Crippen molar-refractivity contribution in [2.75, 3.05) is 26.2 Å². The predicted octanol–water partition coefficient (Wildman–Crippen LogP) is 0.0170. The predicted molar refractivity (Wildman–Crippen MR) is 71.6 cm³/mol. The smallest absolute Gasteiger partial charge is 0.242 e. The molecule has 2 rings (SSSR count). The molecule has 0 radical (unpaired) electrons. The van der Waals surface area contributed by atoms with E-state index in [9.17, 15) is 9.90 Å². The summed E-state index contributed by atoms with van der Waals surface area (Å²) in [5.41, 5.74) is 0. The first-order valence-electron chi connectivity index (χ1n) is 6.82. The van der Waals surface area contributed by atoms with Crippen LogP contribution in [0.1, 0.15) is 25.8 Å². The summed E-state index contributed by atoms with van der Waals surface area (Å²) in [7, 11) is 0. The molecule has 1 aliphatic heterocycles. The maximum atomic E-state index is 11.9. The summed E-state index contributed by atoms with van der Waals surface area (Å²) in [4.78, 5) is 18.0. The third-order valence-electron chi connectivity index (χ3n) is 3.56. The number of aromatic nitrogens is 2. The van der Waals surface area contributed by atoms with Crippen LogP contribution >= 0.6 is 0 Å². The topological polar surface area (TPSA) is 70.4 Å². The highest BCUT2D eigenvalue weighted by Crippen LogP contribution is 2.09. The molecule has 0 unspecified atom stereocenters. The molecule has 0 saturated carbocycles. The average molecular weight is 266 g/mol. The number of nitrogens with zero attached hydrogens (tertiary/aromatic N) is 3. The van der Waals surface area contributed by atoms with Crippen molar-refractivity contribution in [3.63, 3.8) is 0 Å².